The van der Waals surface area contributed by atoms with Crippen LogP contribution in [0.2, 0.25) is 0 Å². The van der Waals surface area contributed by atoms with Crippen molar-refractivity contribution in [1.82, 2.24) is 0 Å². The van der Waals surface area contributed by atoms with Gasteiger partial charge in [0.15, 0.2) is 11.5 Å². The highest BCUT2D eigenvalue weighted by Crippen LogP contribution is 2.35. The van der Waals surface area contributed by atoms with Crippen molar-refractivity contribution in [2.45, 2.75) is 20.3 Å². The Hall–Kier alpha value is -3.22. The maximum absolute atomic E-state index is 12.2. The maximum Gasteiger partial charge on any atom is 0.231 e. The quantitative estimate of drug-likeness (QED) is 0.810. The van der Waals surface area contributed by atoms with Gasteiger partial charge in [-0.2, -0.15) is 0 Å². The van der Waals surface area contributed by atoms with Gasteiger partial charge in [0.05, 0.1) is 6.61 Å². The third kappa shape index (κ3) is 4.69. The molecule has 0 atom stereocenters. The normalized spacial score (nSPS) is 11.8. The van der Waals surface area contributed by atoms with Gasteiger partial charge >= 0.3 is 0 Å². The summed E-state index contributed by atoms with van der Waals surface area (Å²) < 4.78 is 16.0. The molecule has 0 aromatic heterocycles. The monoisotopic (exact) mass is 370 g/mol. The predicted octanol–water partition coefficient (Wildman–Crippen LogP) is 3.20. The molecule has 3 rings (SSSR count). The number of amides is 2. The van der Waals surface area contributed by atoms with Crippen molar-refractivity contribution in [3.05, 3.63) is 42.5 Å². The van der Waals surface area contributed by atoms with Crippen LogP contribution in [-0.2, 0) is 9.59 Å². The van der Waals surface area contributed by atoms with Gasteiger partial charge in [0.2, 0.25) is 18.6 Å². The van der Waals surface area contributed by atoms with Crippen LogP contribution in [0.15, 0.2) is 42.5 Å². The van der Waals surface area contributed by atoms with E-state index in [-0.39, 0.29) is 31.6 Å². The van der Waals surface area contributed by atoms with Gasteiger partial charge in [0, 0.05) is 37.3 Å². The second-order valence-corrected chi connectivity index (χ2v) is 5.96. The van der Waals surface area contributed by atoms with E-state index in [1.165, 1.54) is 6.92 Å². The molecule has 0 aliphatic carbocycles. The standard InChI is InChI=1S/C20H22N2O5/c1-3-25-17-7-4-15(5-8-17)21-20(24)10-11-22(14(2)23)16-6-9-18-19(12-16)27-13-26-18/h4-9,12H,3,10-11,13H2,1-2H3,(H,21,24). The van der Waals surface area contributed by atoms with Crippen LogP contribution in [0, 0.1) is 0 Å². The molecule has 2 amide bonds. The Kier molecular flexibility index (Phi) is 5.80. The van der Waals surface area contributed by atoms with Crippen LogP contribution in [0.1, 0.15) is 20.3 Å². The average molecular weight is 370 g/mol. The minimum Gasteiger partial charge on any atom is -0.494 e. The van der Waals surface area contributed by atoms with Crippen molar-refractivity contribution in [2.24, 2.45) is 0 Å². The number of nitrogens with one attached hydrogen (secondary N) is 1. The number of anilines is 2. The van der Waals surface area contributed by atoms with Gasteiger partial charge in [0.25, 0.3) is 0 Å². The molecule has 0 unspecified atom stereocenters. The number of ether oxygens (including phenoxy) is 3. The van der Waals surface area contributed by atoms with Crippen molar-refractivity contribution in [2.75, 3.05) is 30.2 Å². The zero-order chi connectivity index (χ0) is 19.2. The van der Waals surface area contributed by atoms with Gasteiger partial charge < -0.3 is 24.4 Å². The van der Waals surface area contributed by atoms with Gasteiger partial charge in [-0.15, -0.1) is 0 Å². The molecule has 0 bridgehead atoms. The SMILES string of the molecule is CCOc1ccc(NC(=O)CCN(C(C)=O)c2ccc3c(c2)OCO3)cc1. The van der Waals surface area contributed by atoms with Crippen LogP contribution < -0.4 is 24.4 Å². The lowest BCUT2D eigenvalue weighted by Gasteiger charge is -2.21. The van der Waals surface area contributed by atoms with Crippen molar-refractivity contribution in [3.63, 3.8) is 0 Å². The summed E-state index contributed by atoms with van der Waals surface area (Å²) in [6.07, 6.45) is 0.168. The summed E-state index contributed by atoms with van der Waals surface area (Å²) in [6.45, 7) is 4.40. The molecule has 1 aliphatic heterocycles. The maximum atomic E-state index is 12.2. The summed E-state index contributed by atoms with van der Waals surface area (Å²) in [7, 11) is 0. The fraction of sp³-hybridized carbons (Fsp3) is 0.300. The largest absolute Gasteiger partial charge is 0.494 e. The number of hydrogen-bond donors (Lipinski definition) is 1. The second kappa shape index (κ2) is 8.44. The molecule has 0 spiro atoms. The number of rotatable bonds is 7. The van der Waals surface area contributed by atoms with E-state index >= 15 is 0 Å². The molecule has 1 aliphatic rings. The first kappa shape index (κ1) is 18.6. The third-order valence-electron chi connectivity index (χ3n) is 4.06. The van der Waals surface area contributed by atoms with E-state index in [0.29, 0.717) is 29.5 Å². The Balaban J connectivity index is 1.59. The lowest BCUT2D eigenvalue weighted by Crippen LogP contribution is -2.31. The highest BCUT2D eigenvalue weighted by molar-refractivity contribution is 5.95. The zero-order valence-electron chi connectivity index (χ0n) is 15.4. The molecule has 0 radical (unpaired) electrons. The summed E-state index contributed by atoms with van der Waals surface area (Å²) in [5.41, 5.74) is 1.35. The minimum atomic E-state index is -0.175. The molecule has 0 fully saturated rings. The van der Waals surface area contributed by atoms with Gasteiger partial charge in [0.1, 0.15) is 5.75 Å². The van der Waals surface area contributed by atoms with E-state index in [0.717, 1.165) is 5.75 Å². The van der Waals surface area contributed by atoms with E-state index in [2.05, 4.69) is 5.32 Å². The molecule has 1 heterocycles. The third-order valence-corrected chi connectivity index (χ3v) is 4.06. The summed E-state index contributed by atoms with van der Waals surface area (Å²) in [6, 6.07) is 12.4. The highest BCUT2D eigenvalue weighted by atomic mass is 16.7. The van der Waals surface area contributed by atoms with E-state index in [1.54, 1.807) is 47.4 Å². The smallest absolute Gasteiger partial charge is 0.231 e. The Morgan fingerprint density at radius 2 is 1.85 bits per heavy atom. The molecule has 142 valence electrons. The van der Waals surface area contributed by atoms with Crippen LogP contribution >= 0.6 is 0 Å². The summed E-state index contributed by atoms with van der Waals surface area (Å²) >= 11 is 0. The Morgan fingerprint density at radius 1 is 1.11 bits per heavy atom. The average Bonchev–Trinajstić information content (AvgIpc) is 3.11. The molecule has 7 heteroatoms. The number of nitrogens with zero attached hydrogens (tertiary/aromatic N) is 1. The van der Waals surface area contributed by atoms with Gasteiger partial charge in [-0.3, -0.25) is 9.59 Å². The topological polar surface area (TPSA) is 77.1 Å². The zero-order valence-corrected chi connectivity index (χ0v) is 15.4. The number of fused-ring (bicyclic) bond motifs is 1. The van der Waals surface area contributed by atoms with Gasteiger partial charge in [-0.1, -0.05) is 0 Å². The minimum absolute atomic E-state index is 0.150. The van der Waals surface area contributed by atoms with Crippen LogP contribution in [0.5, 0.6) is 17.2 Å². The fourth-order valence-corrected chi connectivity index (χ4v) is 2.76. The molecule has 7 nitrogen and oxygen atoms in total. The van der Waals surface area contributed by atoms with Crippen molar-refractivity contribution >= 4 is 23.2 Å². The van der Waals surface area contributed by atoms with E-state index in [4.69, 9.17) is 14.2 Å². The lowest BCUT2D eigenvalue weighted by molar-refractivity contribution is -0.117. The number of benzene rings is 2. The highest BCUT2D eigenvalue weighted by Gasteiger charge is 2.19. The first-order valence-corrected chi connectivity index (χ1v) is 8.77. The summed E-state index contributed by atoms with van der Waals surface area (Å²) in [4.78, 5) is 25.8. The molecule has 27 heavy (non-hydrogen) atoms. The predicted molar refractivity (Wildman–Crippen MR) is 101 cm³/mol. The Bertz CT molecular complexity index is 820. The van der Waals surface area contributed by atoms with E-state index in [1.807, 2.05) is 6.92 Å². The molecule has 2 aromatic rings. The van der Waals surface area contributed by atoms with Gasteiger partial charge in [-0.05, 0) is 43.3 Å². The molecule has 1 N–H and O–H groups in total. The van der Waals surface area contributed by atoms with Crippen LogP contribution in [0.4, 0.5) is 11.4 Å². The lowest BCUT2D eigenvalue weighted by atomic mass is 10.2. The summed E-state index contributed by atoms with van der Waals surface area (Å²) in [5.74, 6) is 1.67. The molecular formula is C20H22N2O5. The molecule has 0 saturated carbocycles. The first-order valence-electron chi connectivity index (χ1n) is 8.77. The van der Waals surface area contributed by atoms with Gasteiger partial charge in [-0.25, -0.2) is 0 Å². The van der Waals surface area contributed by atoms with Crippen LogP contribution in [-0.4, -0.2) is 31.8 Å². The fourth-order valence-electron chi connectivity index (χ4n) is 2.76. The Morgan fingerprint density at radius 3 is 2.56 bits per heavy atom. The van der Waals surface area contributed by atoms with E-state index in [9.17, 15) is 9.59 Å². The first-order chi connectivity index (χ1) is 13.1. The van der Waals surface area contributed by atoms with Crippen LogP contribution in [0.25, 0.3) is 0 Å². The molecule has 0 saturated heterocycles. The number of hydrogen-bond acceptors (Lipinski definition) is 5. The Labute approximate surface area is 157 Å². The second-order valence-electron chi connectivity index (χ2n) is 5.96. The number of carbonyl (C=O) groups is 2. The van der Waals surface area contributed by atoms with Crippen molar-refractivity contribution in [3.8, 4) is 17.2 Å². The number of carbonyl (C=O) groups excluding carboxylic acids is 2. The van der Waals surface area contributed by atoms with Crippen molar-refractivity contribution in [1.29, 1.82) is 0 Å². The van der Waals surface area contributed by atoms with Crippen LogP contribution in [0.3, 0.4) is 0 Å². The van der Waals surface area contributed by atoms with E-state index < -0.39 is 0 Å². The van der Waals surface area contributed by atoms with Crippen molar-refractivity contribution < 1.29 is 23.8 Å². The molecular weight excluding hydrogens is 348 g/mol. The molecule has 2 aromatic carbocycles. The summed E-state index contributed by atoms with van der Waals surface area (Å²) in [5, 5.41) is 2.82.